The first-order valence-corrected chi connectivity index (χ1v) is 9.38. The zero-order valence-corrected chi connectivity index (χ0v) is 15.7. The van der Waals surface area contributed by atoms with Crippen LogP contribution in [-0.2, 0) is 14.8 Å². The molecule has 1 N–H and O–H groups in total. The zero-order valence-electron chi connectivity index (χ0n) is 11.1. The summed E-state index contributed by atoms with van der Waals surface area (Å²) >= 11 is 5.22. The first-order valence-electron chi connectivity index (χ1n) is 6.07. The number of rotatable bonds is 5. The monoisotopic (exact) mass is 495 g/mol. The SMILES string of the molecule is O=C(O)CN(c1ccccc1I)S(=O)(=O)c1ccc(Br)cc1. The molecule has 8 heteroatoms. The van der Waals surface area contributed by atoms with Crippen molar-refractivity contribution in [1.29, 1.82) is 0 Å². The Labute approximate surface area is 150 Å². The third kappa shape index (κ3) is 3.79. The molecule has 0 aliphatic heterocycles. The molecule has 0 spiro atoms. The highest BCUT2D eigenvalue weighted by Gasteiger charge is 2.28. The van der Waals surface area contributed by atoms with Gasteiger partial charge in [-0.05, 0) is 59.0 Å². The minimum Gasteiger partial charge on any atom is -0.480 e. The zero-order chi connectivity index (χ0) is 16.3. The van der Waals surface area contributed by atoms with E-state index in [1.165, 1.54) is 12.1 Å². The van der Waals surface area contributed by atoms with Crippen LogP contribution in [0.5, 0.6) is 0 Å². The minimum absolute atomic E-state index is 0.0385. The average Bonchev–Trinajstić information content (AvgIpc) is 2.46. The maximum absolute atomic E-state index is 12.8. The molecule has 0 saturated carbocycles. The molecular formula is C14H11BrINO4S. The summed E-state index contributed by atoms with van der Waals surface area (Å²) in [6, 6.07) is 12.8. The highest BCUT2D eigenvalue weighted by molar-refractivity contribution is 14.1. The molecule has 0 aliphatic carbocycles. The predicted octanol–water partition coefficient (Wildman–Crippen LogP) is 3.33. The van der Waals surface area contributed by atoms with Gasteiger partial charge in [0.25, 0.3) is 10.0 Å². The molecule has 2 rings (SSSR count). The van der Waals surface area contributed by atoms with Crippen molar-refractivity contribution in [2.45, 2.75) is 4.90 Å². The third-order valence-electron chi connectivity index (χ3n) is 2.80. The van der Waals surface area contributed by atoms with Crippen LogP contribution in [0, 0.1) is 3.57 Å². The second kappa shape index (κ2) is 6.97. The number of benzene rings is 2. The Morgan fingerprint density at radius 3 is 2.27 bits per heavy atom. The number of aliphatic carboxylic acids is 1. The molecule has 0 aromatic heterocycles. The summed E-state index contributed by atoms with van der Waals surface area (Å²) in [5.41, 5.74) is 0.341. The van der Waals surface area contributed by atoms with Gasteiger partial charge in [0.1, 0.15) is 6.54 Å². The highest BCUT2D eigenvalue weighted by atomic mass is 127. The molecular weight excluding hydrogens is 485 g/mol. The Morgan fingerprint density at radius 2 is 1.73 bits per heavy atom. The quantitative estimate of drug-likeness (QED) is 0.645. The first kappa shape index (κ1) is 17.2. The van der Waals surface area contributed by atoms with Crippen LogP contribution in [0.2, 0.25) is 0 Å². The van der Waals surface area contributed by atoms with E-state index >= 15 is 0 Å². The Kier molecular flexibility index (Phi) is 5.45. The Hall–Kier alpha value is -1.13. The number of carboxylic acid groups (broad SMARTS) is 1. The Bertz CT molecular complexity index is 793. The van der Waals surface area contributed by atoms with Crippen molar-refractivity contribution in [1.82, 2.24) is 0 Å². The Balaban J connectivity index is 2.56. The predicted molar refractivity (Wildman–Crippen MR) is 95.5 cm³/mol. The summed E-state index contributed by atoms with van der Waals surface area (Å²) in [5.74, 6) is -1.22. The maximum atomic E-state index is 12.8. The summed E-state index contributed by atoms with van der Waals surface area (Å²) in [7, 11) is -3.96. The van der Waals surface area contributed by atoms with Crippen molar-refractivity contribution in [3.63, 3.8) is 0 Å². The normalized spacial score (nSPS) is 11.2. The van der Waals surface area contributed by atoms with Gasteiger partial charge in [-0.1, -0.05) is 28.1 Å². The van der Waals surface area contributed by atoms with Crippen LogP contribution in [0.4, 0.5) is 5.69 Å². The third-order valence-corrected chi connectivity index (χ3v) is 6.02. The summed E-state index contributed by atoms with van der Waals surface area (Å²) in [6.07, 6.45) is 0. The summed E-state index contributed by atoms with van der Waals surface area (Å²) in [5, 5.41) is 9.07. The lowest BCUT2D eigenvalue weighted by Crippen LogP contribution is -2.36. The molecule has 0 saturated heterocycles. The lowest BCUT2D eigenvalue weighted by atomic mass is 10.3. The van der Waals surface area contributed by atoms with Crippen LogP contribution in [0.3, 0.4) is 0 Å². The number of halogens is 2. The van der Waals surface area contributed by atoms with Crippen molar-refractivity contribution < 1.29 is 18.3 Å². The van der Waals surface area contributed by atoms with Crippen LogP contribution in [0.1, 0.15) is 0 Å². The minimum atomic E-state index is -3.96. The number of para-hydroxylation sites is 1. The van der Waals surface area contributed by atoms with Gasteiger partial charge >= 0.3 is 5.97 Å². The first-order chi connectivity index (χ1) is 10.3. The number of nitrogens with zero attached hydrogens (tertiary/aromatic N) is 1. The molecule has 0 amide bonds. The molecule has 0 aliphatic rings. The molecule has 116 valence electrons. The molecule has 0 radical (unpaired) electrons. The molecule has 0 unspecified atom stereocenters. The molecule has 0 bridgehead atoms. The van der Waals surface area contributed by atoms with Gasteiger partial charge in [0.15, 0.2) is 0 Å². The smallest absolute Gasteiger partial charge is 0.324 e. The molecule has 2 aromatic rings. The van der Waals surface area contributed by atoms with Gasteiger partial charge in [0.2, 0.25) is 0 Å². The maximum Gasteiger partial charge on any atom is 0.324 e. The Morgan fingerprint density at radius 1 is 1.14 bits per heavy atom. The number of carboxylic acids is 1. The standard InChI is InChI=1S/C14H11BrINO4S/c15-10-5-7-11(8-6-10)22(20,21)17(9-14(18)19)13-4-2-1-3-12(13)16/h1-8H,9H2,(H,18,19). The van der Waals surface area contributed by atoms with Gasteiger partial charge < -0.3 is 5.11 Å². The van der Waals surface area contributed by atoms with E-state index in [0.29, 0.717) is 9.26 Å². The molecule has 0 atom stereocenters. The van der Waals surface area contributed by atoms with E-state index in [-0.39, 0.29) is 4.90 Å². The van der Waals surface area contributed by atoms with Crippen LogP contribution in [0.15, 0.2) is 57.9 Å². The van der Waals surface area contributed by atoms with Gasteiger partial charge in [-0.15, -0.1) is 0 Å². The molecule has 0 heterocycles. The van der Waals surface area contributed by atoms with Crippen molar-refractivity contribution in [3.8, 4) is 0 Å². The van der Waals surface area contributed by atoms with Crippen molar-refractivity contribution in [2.24, 2.45) is 0 Å². The number of hydrogen-bond donors (Lipinski definition) is 1. The number of sulfonamides is 1. The van der Waals surface area contributed by atoms with Crippen LogP contribution >= 0.6 is 38.5 Å². The second-order valence-corrected chi connectivity index (χ2v) is 8.25. The van der Waals surface area contributed by atoms with Gasteiger partial charge in [0, 0.05) is 8.04 Å². The number of hydrogen-bond acceptors (Lipinski definition) is 3. The lowest BCUT2D eigenvalue weighted by molar-refractivity contribution is -0.135. The largest absolute Gasteiger partial charge is 0.480 e. The lowest BCUT2D eigenvalue weighted by Gasteiger charge is -2.23. The second-order valence-electron chi connectivity index (χ2n) is 4.31. The fourth-order valence-corrected chi connectivity index (χ4v) is 4.35. The van der Waals surface area contributed by atoms with E-state index in [9.17, 15) is 13.2 Å². The number of carbonyl (C=O) groups is 1. The van der Waals surface area contributed by atoms with E-state index < -0.39 is 22.5 Å². The molecule has 0 fully saturated rings. The number of anilines is 1. The van der Waals surface area contributed by atoms with Crippen LogP contribution < -0.4 is 4.31 Å². The molecule has 2 aromatic carbocycles. The molecule has 22 heavy (non-hydrogen) atoms. The fourth-order valence-electron chi connectivity index (χ4n) is 1.81. The molecule has 5 nitrogen and oxygen atoms in total. The topological polar surface area (TPSA) is 74.7 Å². The van der Waals surface area contributed by atoms with Gasteiger partial charge in [-0.2, -0.15) is 0 Å². The van der Waals surface area contributed by atoms with E-state index in [1.54, 1.807) is 36.4 Å². The fraction of sp³-hybridized carbons (Fsp3) is 0.0714. The van der Waals surface area contributed by atoms with Crippen LogP contribution in [0.25, 0.3) is 0 Å². The van der Waals surface area contributed by atoms with Gasteiger partial charge in [-0.25, -0.2) is 8.42 Å². The van der Waals surface area contributed by atoms with E-state index in [1.807, 2.05) is 22.6 Å². The van der Waals surface area contributed by atoms with Crippen molar-refractivity contribution in [3.05, 3.63) is 56.6 Å². The van der Waals surface area contributed by atoms with Crippen molar-refractivity contribution >= 4 is 60.2 Å². The summed E-state index contributed by atoms with van der Waals surface area (Å²) in [4.78, 5) is 11.1. The van der Waals surface area contributed by atoms with E-state index in [0.717, 1.165) is 8.78 Å². The van der Waals surface area contributed by atoms with E-state index in [4.69, 9.17) is 5.11 Å². The summed E-state index contributed by atoms with van der Waals surface area (Å²) < 4.78 is 27.9. The highest BCUT2D eigenvalue weighted by Crippen LogP contribution is 2.28. The summed E-state index contributed by atoms with van der Waals surface area (Å²) in [6.45, 7) is -0.640. The van der Waals surface area contributed by atoms with Gasteiger partial charge in [0.05, 0.1) is 10.6 Å². The van der Waals surface area contributed by atoms with Crippen LogP contribution in [-0.4, -0.2) is 26.0 Å². The van der Waals surface area contributed by atoms with E-state index in [2.05, 4.69) is 15.9 Å². The van der Waals surface area contributed by atoms with Gasteiger partial charge in [-0.3, -0.25) is 9.10 Å². The van der Waals surface area contributed by atoms with Crippen molar-refractivity contribution in [2.75, 3.05) is 10.8 Å². The average molecular weight is 496 g/mol.